The lowest BCUT2D eigenvalue weighted by Gasteiger charge is -2.24. The molecule has 0 bridgehead atoms. The third-order valence-electron chi connectivity index (χ3n) is 1.84. The molecule has 2 nitrogen and oxygen atoms in total. The van der Waals surface area contributed by atoms with Crippen molar-refractivity contribution in [1.29, 1.82) is 0 Å². The van der Waals surface area contributed by atoms with Crippen LogP contribution in [0.4, 0.5) is 0 Å². The molecule has 0 aliphatic carbocycles. The lowest BCUT2D eigenvalue weighted by atomic mass is 10.00. The fraction of sp³-hybridized carbons (Fsp3) is 0.857. The van der Waals surface area contributed by atoms with Gasteiger partial charge in [0, 0.05) is 6.21 Å². The first-order valence-corrected chi connectivity index (χ1v) is 4.02. The molecule has 0 radical (unpaired) electrons. The molecule has 1 aliphatic rings. The SMILES string of the molecule is CN[C@H]1N=C[C@@H](Cl)C[C@H]1C. The van der Waals surface area contributed by atoms with Gasteiger partial charge in [-0.1, -0.05) is 6.92 Å². The van der Waals surface area contributed by atoms with E-state index in [1.807, 2.05) is 13.3 Å². The number of nitrogens with one attached hydrogen (secondary N) is 1. The van der Waals surface area contributed by atoms with E-state index in [0.717, 1.165) is 6.42 Å². The number of hydrogen-bond acceptors (Lipinski definition) is 2. The van der Waals surface area contributed by atoms with Gasteiger partial charge in [-0.15, -0.1) is 11.6 Å². The second kappa shape index (κ2) is 3.35. The molecule has 0 fully saturated rings. The summed E-state index contributed by atoms with van der Waals surface area (Å²) in [6.07, 6.45) is 3.12. The van der Waals surface area contributed by atoms with Gasteiger partial charge < -0.3 is 0 Å². The van der Waals surface area contributed by atoms with Crippen LogP contribution < -0.4 is 5.32 Å². The first-order chi connectivity index (χ1) is 4.74. The van der Waals surface area contributed by atoms with E-state index in [2.05, 4.69) is 17.2 Å². The largest absolute Gasteiger partial charge is 0.299 e. The lowest BCUT2D eigenvalue weighted by molar-refractivity contribution is 0.383. The summed E-state index contributed by atoms with van der Waals surface area (Å²) in [5, 5.41) is 3.26. The second-order valence-corrected chi connectivity index (χ2v) is 3.32. The first-order valence-electron chi connectivity index (χ1n) is 3.58. The van der Waals surface area contributed by atoms with Crippen LogP contribution in [0.5, 0.6) is 0 Å². The highest BCUT2D eigenvalue weighted by atomic mass is 35.5. The quantitative estimate of drug-likeness (QED) is 0.574. The minimum Gasteiger partial charge on any atom is -0.299 e. The molecular formula is C7H13ClN2. The molecule has 0 aromatic heterocycles. The van der Waals surface area contributed by atoms with Gasteiger partial charge in [0.05, 0.1) is 5.38 Å². The third kappa shape index (κ3) is 1.70. The van der Waals surface area contributed by atoms with Crippen molar-refractivity contribution in [2.75, 3.05) is 7.05 Å². The maximum atomic E-state index is 5.86. The first kappa shape index (κ1) is 8.02. The van der Waals surface area contributed by atoms with Crippen molar-refractivity contribution in [3.8, 4) is 0 Å². The molecule has 0 saturated heterocycles. The van der Waals surface area contributed by atoms with Crippen LogP contribution in [0.2, 0.25) is 0 Å². The topological polar surface area (TPSA) is 24.4 Å². The van der Waals surface area contributed by atoms with Crippen LogP contribution in [0, 0.1) is 5.92 Å². The van der Waals surface area contributed by atoms with Crippen LogP contribution >= 0.6 is 11.6 Å². The normalized spacial score (nSPS) is 40.1. The Morgan fingerprint density at radius 3 is 2.90 bits per heavy atom. The number of halogens is 1. The molecule has 10 heavy (non-hydrogen) atoms. The van der Waals surface area contributed by atoms with E-state index in [1.165, 1.54) is 0 Å². The number of rotatable bonds is 1. The highest BCUT2D eigenvalue weighted by Gasteiger charge is 2.20. The van der Waals surface area contributed by atoms with Gasteiger partial charge in [0.25, 0.3) is 0 Å². The summed E-state index contributed by atoms with van der Waals surface area (Å²) in [5.74, 6) is 0.553. The van der Waals surface area contributed by atoms with Crippen LogP contribution in [0.3, 0.4) is 0 Å². The molecule has 0 aromatic rings. The molecule has 0 spiro atoms. The molecule has 1 aliphatic heterocycles. The predicted molar refractivity (Wildman–Crippen MR) is 44.8 cm³/mol. The van der Waals surface area contributed by atoms with Gasteiger partial charge in [0.15, 0.2) is 0 Å². The van der Waals surface area contributed by atoms with Crippen molar-refractivity contribution in [3.63, 3.8) is 0 Å². The fourth-order valence-electron chi connectivity index (χ4n) is 1.24. The standard InChI is InChI=1S/C7H13ClN2/c1-5-3-6(8)4-10-7(5)9-2/h4-7,9H,3H2,1-2H3/t5-,6+,7+/m1/s1. The zero-order valence-corrected chi connectivity index (χ0v) is 7.10. The summed E-state index contributed by atoms with van der Waals surface area (Å²) in [4.78, 5) is 4.24. The van der Waals surface area contributed by atoms with E-state index in [-0.39, 0.29) is 11.5 Å². The van der Waals surface area contributed by atoms with E-state index in [4.69, 9.17) is 11.6 Å². The van der Waals surface area contributed by atoms with Gasteiger partial charge in [0.1, 0.15) is 6.17 Å². The Bertz CT molecular complexity index is 136. The van der Waals surface area contributed by atoms with Crippen LogP contribution in [-0.2, 0) is 0 Å². The Kier molecular flexibility index (Phi) is 2.69. The van der Waals surface area contributed by atoms with Crippen molar-refractivity contribution >= 4 is 17.8 Å². The number of hydrogen-bond donors (Lipinski definition) is 1. The van der Waals surface area contributed by atoms with E-state index in [0.29, 0.717) is 5.92 Å². The third-order valence-corrected chi connectivity index (χ3v) is 2.13. The van der Waals surface area contributed by atoms with Crippen LogP contribution in [0.1, 0.15) is 13.3 Å². The Labute approximate surface area is 66.7 Å². The Hall–Kier alpha value is -0.0800. The second-order valence-electron chi connectivity index (χ2n) is 2.76. The molecule has 3 atom stereocenters. The smallest absolute Gasteiger partial charge is 0.101 e. The van der Waals surface area contributed by atoms with Crippen LogP contribution in [0.15, 0.2) is 4.99 Å². The average molecular weight is 161 g/mol. The van der Waals surface area contributed by atoms with Crippen molar-refractivity contribution in [3.05, 3.63) is 0 Å². The molecule has 0 amide bonds. The fourth-order valence-corrected chi connectivity index (χ4v) is 1.58. The monoisotopic (exact) mass is 160 g/mol. The van der Waals surface area contributed by atoms with Crippen molar-refractivity contribution in [1.82, 2.24) is 5.32 Å². The highest BCUT2D eigenvalue weighted by molar-refractivity contribution is 6.28. The molecular weight excluding hydrogens is 148 g/mol. The van der Waals surface area contributed by atoms with Gasteiger partial charge in [-0.05, 0) is 19.4 Å². The Balaban J connectivity index is 2.53. The maximum absolute atomic E-state index is 5.86. The van der Waals surface area contributed by atoms with Crippen molar-refractivity contribution < 1.29 is 0 Å². The molecule has 1 rings (SSSR count). The van der Waals surface area contributed by atoms with Crippen LogP contribution in [0.25, 0.3) is 0 Å². The zero-order chi connectivity index (χ0) is 7.56. The van der Waals surface area contributed by atoms with Crippen molar-refractivity contribution in [2.24, 2.45) is 10.9 Å². The minimum absolute atomic E-state index is 0.139. The summed E-state index contributed by atoms with van der Waals surface area (Å²) in [7, 11) is 1.92. The summed E-state index contributed by atoms with van der Waals surface area (Å²) in [6.45, 7) is 2.16. The van der Waals surface area contributed by atoms with E-state index >= 15 is 0 Å². The molecule has 0 unspecified atom stereocenters. The summed E-state index contributed by atoms with van der Waals surface area (Å²) in [6, 6.07) is 0. The van der Waals surface area contributed by atoms with Gasteiger partial charge >= 0.3 is 0 Å². The van der Waals surface area contributed by atoms with Crippen molar-refractivity contribution in [2.45, 2.75) is 24.9 Å². The maximum Gasteiger partial charge on any atom is 0.101 e. The average Bonchev–Trinajstić information content (AvgIpc) is 1.88. The van der Waals surface area contributed by atoms with Gasteiger partial charge in [-0.25, -0.2) is 0 Å². The molecule has 1 N–H and O–H groups in total. The highest BCUT2D eigenvalue weighted by Crippen LogP contribution is 2.18. The van der Waals surface area contributed by atoms with Crippen LogP contribution in [-0.4, -0.2) is 24.8 Å². The van der Waals surface area contributed by atoms with Gasteiger partial charge in [-0.2, -0.15) is 0 Å². The minimum atomic E-state index is 0.139. The molecule has 0 saturated carbocycles. The predicted octanol–water partition coefficient (Wildman–Crippen LogP) is 1.25. The zero-order valence-electron chi connectivity index (χ0n) is 6.34. The molecule has 0 aromatic carbocycles. The molecule has 58 valence electrons. The number of aliphatic imine (C=N–C) groups is 1. The summed E-state index contributed by atoms with van der Waals surface area (Å²) < 4.78 is 0. The van der Waals surface area contributed by atoms with Gasteiger partial charge in [-0.3, -0.25) is 10.3 Å². The Morgan fingerprint density at radius 1 is 1.70 bits per heavy atom. The molecule has 3 heteroatoms. The summed E-state index contributed by atoms with van der Waals surface area (Å²) >= 11 is 5.86. The van der Waals surface area contributed by atoms with E-state index in [1.54, 1.807) is 0 Å². The van der Waals surface area contributed by atoms with Gasteiger partial charge in [0.2, 0.25) is 0 Å². The number of alkyl halides is 1. The summed E-state index contributed by atoms with van der Waals surface area (Å²) in [5.41, 5.74) is 0. The van der Waals surface area contributed by atoms with E-state index < -0.39 is 0 Å². The lowest BCUT2D eigenvalue weighted by Crippen LogP contribution is -2.35. The number of nitrogens with zero attached hydrogens (tertiary/aromatic N) is 1. The van der Waals surface area contributed by atoms with E-state index in [9.17, 15) is 0 Å². The Morgan fingerprint density at radius 2 is 2.40 bits per heavy atom. The molecule has 1 heterocycles.